The maximum atomic E-state index is 11.2. The Morgan fingerprint density at radius 1 is 1.47 bits per heavy atom. The molecule has 0 aromatic carbocycles. The molecule has 2 rings (SSSR count). The molecule has 2 heterocycles. The van der Waals surface area contributed by atoms with E-state index >= 15 is 0 Å². The van der Waals surface area contributed by atoms with Crippen LogP contribution in [0.15, 0.2) is 6.07 Å². The lowest BCUT2D eigenvalue weighted by atomic mass is 9.91. The van der Waals surface area contributed by atoms with E-state index in [2.05, 4.69) is 18.8 Å². The summed E-state index contributed by atoms with van der Waals surface area (Å²) >= 11 is 0. The van der Waals surface area contributed by atoms with Crippen molar-refractivity contribution in [3.8, 4) is 0 Å². The molecular weight excluding hydrogens is 218 g/mol. The van der Waals surface area contributed by atoms with Gasteiger partial charge in [0.15, 0.2) is 0 Å². The molecule has 0 aliphatic carbocycles. The smallest absolute Gasteiger partial charge is 0.352 e. The third-order valence-corrected chi connectivity index (χ3v) is 3.37. The molecule has 1 fully saturated rings. The summed E-state index contributed by atoms with van der Waals surface area (Å²) in [5.74, 6) is -0.223. The second kappa shape index (κ2) is 4.92. The van der Waals surface area contributed by atoms with Crippen LogP contribution in [0.1, 0.15) is 60.3 Å². The summed E-state index contributed by atoms with van der Waals surface area (Å²) < 4.78 is 5.32. The van der Waals surface area contributed by atoms with Crippen molar-refractivity contribution in [3.63, 3.8) is 0 Å². The topological polar surface area (TPSA) is 62.3 Å². The van der Waals surface area contributed by atoms with Crippen LogP contribution in [-0.4, -0.2) is 29.3 Å². The van der Waals surface area contributed by atoms with Gasteiger partial charge in [-0.2, -0.15) is 0 Å². The number of aromatic carboxylic acids is 1. The van der Waals surface area contributed by atoms with Gasteiger partial charge in [-0.05, 0) is 36.3 Å². The fourth-order valence-corrected chi connectivity index (χ4v) is 2.31. The third kappa shape index (κ3) is 2.52. The van der Waals surface area contributed by atoms with Crippen LogP contribution in [-0.2, 0) is 4.74 Å². The minimum absolute atomic E-state index is 0.318. The number of ether oxygens (including phenoxy) is 1. The number of hydrogen-bond acceptors (Lipinski definition) is 2. The lowest BCUT2D eigenvalue weighted by Gasteiger charge is -2.21. The van der Waals surface area contributed by atoms with Crippen LogP contribution < -0.4 is 0 Å². The molecule has 1 saturated heterocycles. The highest BCUT2D eigenvalue weighted by molar-refractivity contribution is 5.87. The number of carboxylic acid groups (broad SMARTS) is 1. The van der Waals surface area contributed by atoms with Crippen molar-refractivity contribution in [1.82, 2.24) is 4.98 Å². The van der Waals surface area contributed by atoms with Crippen LogP contribution in [0.4, 0.5) is 0 Å². The zero-order valence-corrected chi connectivity index (χ0v) is 10.3. The number of rotatable bonds is 3. The second-order valence-electron chi connectivity index (χ2n) is 4.90. The fraction of sp³-hybridized carbons (Fsp3) is 0.615. The summed E-state index contributed by atoms with van der Waals surface area (Å²) in [6.07, 6.45) is 1.82. The summed E-state index contributed by atoms with van der Waals surface area (Å²) in [7, 11) is 0. The van der Waals surface area contributed by atoms with Crippen molar-refractivity contribution in [3.05, 3.63) is 23.0 Å². The number of carboxylic acids is 1. The highest BCUT2D eigenvalue weighted by Crippen LogP contribution is 2.31. The van der Waals surface area contributed by atoms with E-state index < -0.39 is 5.97 Å². The Morgan fingerprint density at radius 2 is 2.12 bits per heavy atom. The molecule has 2 N–H and O–H groups in total. The Hall–Kier alpha value is -1.29. The predicted octanol–water partition coefficient (Wildman–Crippen LogP) is 2.73. The molecule has 0 amide bonds. The van der Waals surface area contributed by atoms with Crippen molar-refractivity contribution in [2.24, 2.45) is 0 Å². The zero-order valence-electron chi connectivity index (χ0n) is 10.3. The fourth-order valence-electron chi connectivity index (χ4n) is 2.31. The molecule has 0 atom stereocenters. The number of aromatic amines is 1. The van der Waals surface area contributed by atoms with Gasteiger partial charge in [-0.25, -0.2) is 4.79 Å². The van der Waals surface area contributed by atoms with Gasteiger partial charge in [0.05, 0.1) is 0 Å². The number of nitrogens with one attached hydrogen (secondary N) is 1. The van der Waals surface area contributed by atoms with Crippen molar-refractivity contribution in [2.75, 3.05) is 13.2 Å². The molecule has 1 aromatic rings. The Labute approximate surface area is 101 Å². The number of H-pyrrole nitrogens is 1. The summed E-state index contributed by atoms with van der Waals surface area (Å²) in [6.45, 7) is 5.58. The van der Waals surface area contributed by atoms with Gasteiger partial charge in [-0.3, -0.25) is 0 Å². The van der Waals surface area contributed by atoms with E-state index in [1.807, 2.05) is 6.07 Å². The molecule has 4 nitrogen and oxygen atoms in total. The van der Waals surface area contributed by atoms with E-state index in [0.29, 0.717) is 17.5 Å². The molecule has 4 heteroatoms. The first-order valence-corrected chi connectivity index (χ1v) is 6.13. The summed E-state index contributed by atoms with van der Waals surface area (Å²) in [4.78, 5) is 14.3. The van der Waals surface area contributed by atoms with Crippen LogP contribution in [0.25, 0.3) is 0 Å². The molecule has 0 unspecified atom stereocenters. The van der Waals surface area contributed by atoms with Crippen LogP contribution in [0.2, 0.25) is 0 Å². The maximum Gasteiger partial charge on any atom is 0.352 e. The molecule has 1 aliphatic rings. The first-order valence-electron chi connectivity index (χ1n) is 6.13. The first kappa shape index (κ1) is 12.2. The molecule has 1 aromatic heterocycles. The minimum Gasteiger partial charge on any atom is -0.477 e. The second-order valence-corrected chi connectivity index (χ2v) is 4.90. The maximum absolute atomic E-state index is 11.2. The molecule has 0 radical (unpaired) electrons. The summed E-state index contributed by atoms with van der Waals surface area (Å²) in [5, 5.41) is 9.23. The van der Waals surface area contributed by atoms with Gasteiger partial charge < -0.3 is 14.8 Å². The predicted molar refractivity (Wildman–Crippen MR) is 64.6 cm³/mol. The highest BCUT2D eigenvalue weighted by atomic mass is 16.5. The van der Waals surface area contributed by atoms with Crippen LogP contribution >= 0.6 is 0 Å². The van der Waals surface area contributed by atoms with Crippen molar-refractivity contribution < 1.29 is 14.6 Å². The van der Waals surface area contributed by atoms with Crippen molar-refractivity contribution >= 4 is 5.97 Å². The SMILES string of the molecule is CC(C)c1cc(C2CCOCC2)c(C(=O)O)[nH]1. The Bertz CT molecular complexity index is 403. The molecule has 17 heavy (non-hydrogen) atoms. The van der Waals surface area contributed by atoms with E-state index in [1.165, 1.54) is 0 Å². The largest absolute Gasteiger partial charge is 0.477 e. The highest BCUT2D eigenvalue weighted by Gasteiger charge is 2.24. The monoisotopic (exact) mass is 237 g/mol. The summed E-state index contributed by atoms with van der Waals surface area (Å²) in [6, 6.07) is 2.02. The lowest BCUT2D eigenvalue weighted by molar-refractivity contribution is 0.0679. The van der Waals surface area contributed by atoms with Crippen LogP contribution in [0.3, 0.4) is 0 Å². The van der Waals surface area contributed by atoms with Gasteiger partial charge in [0.2, 0.25) is 0 Å². The van der Waals surface area contributed by atoms with Gasteiger partial charge in [0.1, 0.15) is 5.69 Å². The lowest BCUT2D eigenvalue weighted by Crippen LogP contribution is -2.16. The summed E-state index contributed by atoms with van der Waals surface area (Å²) in [5.41, 5.74) is 2.31. The molecule has 0 bridgehead atoms. The van der Waals surface area contributed by atoms with E-state index in [1.54, 1.807) is 0 Å². The Balaban J connectivity index is 2.32. The van der Waals surface area contributed by atoms with E-state index in [4.69, 9.17) is 4.74 Å². The van der Waals surface area contributed by atoms with E-state index in [9.17, 15) is 9.90 Å². The van der Waals surface area contributed by atoms with Crippen LogP contribution in [0, 0.1) is 0 Å². The van der Waals surface area contributed by atoms with Crippen molar-refractivity contribution in [2.45, 2.75) is 38.5 Å². The van der Waals surface area contributed by atoms with Crippen LogP contribution in [0.5, 0.6) is 0 Å². The average molecular weight is 237 g/mol. The first-order chi connectivity index (χ1) is 8.09. The Morgan fingerprint density at radius 3 is 2.65 bits per heavy atom. The zero-order chi connectivity index (χ0) is 12.4. The number of hydrogen-bond donors (Lipinski definition) is 2. The number of aromatic nitrogens is 1. The molecule has 0 saturated carbocycles. The average Bonchev–Trinajstić information content (AvgIpc) is 2.75. The minimum atomic E-state index is -0.863. The standard InChI is InChI=1S/C13H19NO3/c1-8(2)11-7-10(12(14-11)13(15)16)9-3-5-17-6-4-9/h7-9,14H,3-6H2,1-2H3,(H,15,16). The van der Waals surface area contributed by atoms with Gasteiger partial charge in [-0.15, -0.1) is 0 Å². The van der Waals surface area contributed by atoms with E-state index in [-0.39, 0.29) is 0 Å². The van der Waals surface area contributed by atoms with Gasteiger partial charge in [0, 0.05) is 18.9 Å². The van der Waals surface area contributed by atoms with Gasteiger partial charge >= 0.3 is 5.97 Å². The Kier molecular flexibility index (Phi) is 3.52. The normalized spacial score (nSPS) is 17.6. The van der Waals surface area contributed by atoms with Crippen molar-refractivity contribution in [1.29, 1.82) is 0 Å². The molecule has 0 spiro atoms. The van der Waals surface area contributed by atoms with Gasteiger partial charge in [-0.1, -0.05) is 13.8 Å². The molecule has 1 aliphatic heterocycles. The molecule has 94 valence electrons. The number of carbonyl (C=O) groups is 1. The molecular formula is C13H19NO3. The van der Waals surface area contributed by atoms with Gasteiger partial charge in [0.25, 0.3) is 0 Å². The van der Waals surface area contributed by atoms with E-state index in [0.717, 1.165) is 37.3 Å². The quantitative estimate of drug-likeness (QED) is 0.849. The third-order valence-electron chi connectivity index (χ3n) is 3.37.